The van der Waals surface area contributed by atoms with Crippen LogP contribution in [0.5, 0.6) is 0 Å². The molecule has 1 N–H and O–H groups in total. The molecule has 16 heavy (non-hydrogen) atoms. The maximum absolute atomic E-state index is 10.9. The molecule has 0 saturated carbocycles. The summed E-state index contributed by atoms with van der Waals surface area (Å²) in [4.78, 5) is 14.1. The lowest BCUT2D eigenvalue weighted by Crippen LogP contribution is -1.96. The highest BCUT2D eigenvalue weighted by Gasteiger charge is 1.98. The summed E-state index contributed by atoms with van der Waals surface area (Å²) >= 11 is 0. The van der Waals surface area contributed by atoms with Crippen LogP contribution in [0.1, 0.15) is 12.0 Å². The van der Waals surface area contributed by atoms with E-state index in [1.54, 1.807) is 0 Å². The number of nitrogens with one attached hydrogen (secondary N) is 1. The summed E-state index contributed by atoms with van der Waals surface area (Å²) in [5, 5.41) is 1.16. The molecule has 0 saturated heterocycles. The molecule has 0 atom stereocenters. The van der Waals surface area contributed by atoms with Gasteiger partial charge in [0.25, 0.3) is 0 Å². The Morgan fingerprint density at radius 2 is 2.31 bits per heavy atom. The summed E-state index contributed by atoms with van der Waals surface area (Å²) in [6, 6.07) is 8.04. The first-order valence-electron chi connectivity index (χ1n) is 5.11. The summed E-state index contributed by atoms with van der Waals surface area (Å²) in [7, 11) is 1.39. The van der Waals surface area contributed by atoms with Crippen LogP contribution >= 0.6 is 0 Å². The van der Waals surface area contributed by atoms with Crippen LogP contribution in [0.3, 0.4) is 0 Å². The maximum atomic E-state index is 10.9. The molecule has 0 amide bonds. The van der Waals surface area contributed by atoms with Gasteiger partial charge in [-0.15, -0.1) is 0 Å². The standard InChI is InChI=1S/C13H13NO2/c1-16-13(15)7-3-5-10-4-2-6-12-11(10)8-9-14-12/h2-6,8-9,14H,7H2,1H3. The van der Waals surface area contributed by atoms with Gasteiger partial charge >= 0.3 is 5.97 Å². The van der Waals surface area contributed by atoms with Crippen LogP contribution in [-0.2, 0) is 9.53 Å². The van der Waals surface area contributed by atoms with Gasteiger partial charge in [0.05, 0.1) is 13.5 Å². The van der Waals surface area contributed by atoms with Gasteiger partial charge < -0.3 is 9.72 Å². The highest BCUT2D eigenvalue weighted by molar-refractivity contribution is 5.88. The first-order chi connectivity index (χ1) is 7.81. The van der Waals surface area contributed by atoms with Gasteiger partial charge in [0, 0.05) is 17.1 Å². The van der Waals surface area contributed by atoms with E-state index in [0.29, 0.717) is 6.42 Å². The number of fused-ring (bicyclic) bond motifs is 1. The quantitative estimate of drug-likeness (QED) is 0.800. The van der Waals surface area contributed by atoms with Crippen LogP contribution in [0.15, 0.2) is 36.5 Å². The van der Waals surface area contributed by atoms with Gasteiger partial charge in [-0.2, -0.15) is 0 Å². The molecule has 1 heterocycles. The smallest absolute Gasteiger partial charge is 0.309 e. The molecule has 0 aliphatic carbocycles. The molecule has 0 bridgehead atoms. The SMILES string of the molecule is COC(=O)CC=Cc1cccc2[nH]ccc12. The van der Waals surface area contributed by atoms with E-state index in [9.17, 15) is 4.79 Å². The zero-order valence-corrected chi connectivity index (χ0v) is 9.07. The lowest BCUT2D eigenvalue weighted by atomic mass is 10.1. The number of ether oxygens (including phenoxy) is 1. The minimum absolute atomic E-state index is 0.225. The third-order valence-corrected chi connectivity index (χ3v) is 2.44. The molecule has 3 heteroatoms. The predicted octanol–water partition coefficient (Wildman–Crippen LogP) is 2.74. The van der Waals surface area contributed by atoms with E-state index in [1.807, 2.05) is 42.6 Å². The van der Waals surface area contributed by atoms with Crippen LogP contribution < -0.4 is 0 Å². The number of aromatic nitrogens is 1. The minimum Gasteiger partial charge on any atom is -0.469 e. The molecule has 0 radical (unpaired) electrons. The van der Waals surface area contributed by atoms with Crippen LogP contribution in [0.4, 0.5) is 0 Å². The number of carbonyl (C=O) groups is 1. The molecule has 82 valence electrons. The summed E-state index contributed by atoms with van der Waals surface area (Å²) in [6.45, 7) is 0. The Morgan fingerprint density at radius 1 is 1.44 bits per heavy atom. The highest BCUT2D eigenvalue weighted by Crippen LogP contribution is 2.18. The minimum atomic E-state index is -0.225. The fourth-order valence-corrected chi connectivity index (χ4v) is 1.62. The first-order valence-corrected chi connectivity index (χ1v) is 5.11. The second-order valence-corrected chi connectivity index (χ2v) is 3.47. The second kappa shape index (κ2) is 4.66. The number of rotatable bonds is 3. The van der Waals surface area contributed by atoms with E-state index >= 15 is 0 Å². The molecule has 0 aliphatic heterocycles. The number of aromatic amines is 1. The number of esters is 1. The molecule has 1 aromatic heterocycles. The Hall–Kier alpha value is -2.03. The summed E-state index contributed by atoms with van der Waals surface area (Å²) in [5.74, 6) is -0.225. The van der Waals surface area contributed by atoms with Gasteiger partial charge in [-0.1, -0.05) is 24.3 Å². The average Bonchev–Trinajstić information content (AvgIpc) is 2.77. The normalized spacial score (nSPS) is 11.1. The Bertz CT molecular complexity index is 525. The lowest BCUT2D eigenvalue weighted by molar-refractivity contribution is -0.139. The highest BCUT2D eigenvalue weighted by atomic mass is 16.5. The van der Waals surface area contributed by atoms with Crippen molar-refractivity contribution in [3.8, 4) is 0 Å². The number of H-pyrrole nitrogens is 1. The van der Waals surface area contributed by atoms with Crippen LogP contribution in [0, 0.1) is 0 Å². The molecule has 0 unspecified atom stereocenters. The van der Waals surface area contributed by atoms with Crippen molar-refractivity contribution in [1.82, 2.24) is 4.98 Å². The number of hydrogen-bond acceptors (Lipinski definition) is 2. The number of methoxy groups -OCH3 is 1. The number of benzene rings is 1. The van der Waals surface area contributed by atoms with Crippen molar-refractivity contribution >= 4 is 22.9 Å². The molecule has 2 aromatic rings. The summed E-state index contributed by atoms with van der Waals surface area (Å²) in [6.07, 6.45) is 5.96. The van der Waals surface area contributed by atoms with E-state index in [-0.39, 0.29) is 5.97 Å². The molecule has 2 rings (SSSR count). The van der Waals surface area contributed by atoms with Gasteiger partial charge in [0.2, 0.25) is 0 Å². The third-order valence-electron chi connectivity index (χ3n) is 2.44. The van der Waals surface area contributed by atoms with Crippen molar-refractivity contribution in [2.24, 2.45) is 0 Å². The number of carbonyl (C=O) groups excluding carboxylic acids is 1. The maximum Gasteiger partial charge on any atom is 0.309 e. The third kappa shape index (κ3) is 2.14. The topological polar surface area (TPSA) is 42.1 Å². The van der Waals surface area contributed by atoms with Crippen molar-refractivity contribution in [3.63, 3.8) is 0 Å². The van der Waals surface area contributed by atoms with Gasteiger partial charge in [0.1, 0.15) is 0 Å². The van der Waals surface area contributed by atoms with Gasteiger partial charge in [-0.3, -0.25) is 4.79 Å². The van der Waals surface area contributed by atoms with Crippen molar-refractivity contribution in [2.45, 2.75) is 6.42 Å². The second-order valence-electron chi connectivity index (χ2n) is 3.47. The molecule has 0 fully saturated rings. The molecular weight excluding hydrogens is 202 g/mol. The zero-order valence-electron chi connectivity index (χ0n) is 9.07. The van der Waals surface area contributed by atoms with E-state index < -0.39 is 0 Å². The largest absolute Gasteiger partial charge is 0.469 e. The molecule has 3 nitrogen and oxygen atoms in total. The van der Waals surface area contributed by atoms with Gasteiger partial charge in [0.15, 0.2) is 0 Å². The Morgan fingerprint density at radius 3 is 3.12 bits per heavy atom. The number of hydrogen-bond donors (Lipinski definition) is 1. The zero-order chi connectivity index (χ0) is 11.4. The fraction of sp³-hybridized carbons (Fsp3) is 0.154. The monoisotopic (exact) mass is 215 g/mol. The summed E-state index contributed by atoms with van der Waals surface area (Å²) in [5.41, 5.74) is 2.20. The molecular formula is C13H13NO2. The Balaban J connectivity index is 2.20. The van der Waals surface area contributed by atoms with Crippen LogP contribution in [-0.4, -0.2) is 18.1 Å². The van der Waals surface area contributed by atoms with Crippen molar-refractivity contribution in [1.29, 1.82) is 0 Å². The average molecular weight is 215 g/mol. The molecule has 1 aromatic carbocycles. The van der Waals surface area contributed by atoms with E-state index in [2.05, 4.69) is 9.72 Å². The van der Waals surface area contributed by atoms with Crippen molar-refractivity contribution in [3.05, 3.63) is 42.1 Å². The van der Waals surface area contributed by atoms with E-state index in [0.717, 1.165) is 16.5 Å². The molecule has 0 aliphatic rings. The summed E-state index contributed by atoms with van der Waals surface area (Å²) < 4.78 is 4.56. The Kier molecular flexibility index (Phi) is 3.05. The first kappa shape index (κ1) is 10.5. The molecule has 0 spiro atoms. The predicted molar refractivity (Wildman–Crippen MR) is 64.0 cm³/mol. The van der Waals surface area contributed by atoms with Gasteiger partial charge in [-0.25, -0.2) is 0 Å². The van der Waals surface area contributed by atoms with Gasteiger partial charge in [-0.05, 0) is 17.7 Å². The fourth-order valence-electron chi connectivity index (χ4n) is 1.62. The van der Waals surface area contributed by atoms with Crippen LogP contribution in [0.2, 0.25) is 0 Å². The van der Waals surface area contributed by atoms with E-state index in [1.165, 1.54) is 7.11 Å². The van der Waals surface area contributed by atoms with Crippen molar-refractivity contribution < 1.29 is 9.53 Å². The Labute approximate surface area is 93.7 Å². The van der Waals surface area contributed by atoms with Crippen LogP contribution in [0.25, 0.3) is 17.0 Å². The van der Waals surface area contributed by atoms with Crippen molar-refractivity contribution in [2.75, 3.05) is 7.11 Å². The van der Waals surface area contributed by atoms with E-state index in [4.69, 9.17) is 0 Å². The lowest BCUT2D eigenvalue weighted by Gasteiger charge is -1.96.